The Hall–Kier alpha value is -1.62. The predicted octanol–water partition coefficient (Wildman–Crippen LogP) is 1.71. The molecule has 94 valence electrons. The van der Waals surface area contributed by atoms with Crippen LogP contribution in [0.15, 0.2) is 24.3 Å². The molecule has 0 bridgehead atoms. The van der Waals surface area contributed by atoms with Crippen molar-refractivity contribution in [3.8, 4) is 5.75 Å². The molecule has 1 rings (SSSR count). The van der Waals surface area contributed by atoms with E-state index in [2.05, 4.69) is 5.32 Å². The molecule has 0 unspecified atom stereocenters. The molecule has 0 spiro atoms. The zero-order valence-corrected chi connectivity index (χ0v) is 10.00. The second-order valence-corrected chi connectivity index (χ2v) is 4.24. The van der Waals surface area contributed by atoms with Gasteiger partial charge in [-0.1, -0.05) is 6.07 Å². The van der Waals surface area contributed by atoms with E-state index in [1.54, 1.807) is 38.1 Å². The smallest absolute Gasteiger partial charge is 0.243 e. The van der Waals surface area contributed by atoms with Gasteiger partial charge in [-0.05, 0) is 26.0 Å². The minimum Gasteiger partial charge on any atom is -0.491 e. The topological polar surface area (TPSA) is 64.4 Å². The quantitative estimate of drug-likeness (QED) is 0.823. The molecule has 5 heteroatoms. The SMILES string of the molecule is CC(C)(N)C(=O)Nc1cccc(OCCF)c1. The Morgan fingerprint density at radius 1 is 1.53 bits per heavy atom. The molecule has 1 amide bonds. The molecule has 0 fully saturated rings. The van der Waals surface area contributed by atoms with E-state index in [0.29, 0.717) is 11.4 Å². The van der Waals surface area contributed by atoms with Crippen LogP contribution >= 0.6 is 0 Å². The number of halogens is 1. The van der Waals surface area contributed by atoms with E-state index in [-0.39, 0.29) is 12.5 Å². The molecule has 0 saturated carbocycles. The van der Waals surface area contributed by atoms with Crippen molar-refractivity contribution in [3.05, 3.63) is 24.3 Å². The van der Waals surface area contributed by atoms with Gasteiger partial charge in [-0.2, -0.15) is 0 Å². The number of carbonyl (C=O) groups is 1. The van der Waals surface area contributed by atoms with Gasteiger partial charge in [0.25, 0.3) is 0 Å². The Labute approximate surface area is 100.0 Å². The van der Waals surface area contributed by atoms with Crippen LogP contribution in [0.5, 0.6) is 5.75 Å². The molecular weight excluding hydrogens is 223 g/mol. The fraction of sp³-hybridized carbons (Fsp3) is 0.417. The molecule has 0 aliphatic carbocycles. The lowest BCUT2D eigenvalue weighted by Crippen LogP contribution is -2.45. The Balaban J connectivity index is 2.69. The number of amides is 1. The first-order chi connectivity index (χ1) is 7.93. The third-order valence-electron chi connectivity index (χ3n) is 2.02. The first-order valence-electron chi connectivity index (χ1n) is 5.32. The van der Waals surface area contributed by atoms with E-state index < -0.39 is 12.2 Å². The number of nitrogens with one attached hydrogen (secondary N) is 1. The largest absolute Gasteiger partial charge is 0.491 e. The summed E-state index contributed by atoms with van der Waals surface area (Å²) in [6, 6.07) is 6.75. The third-order valence-corrected chi connectivity index (χ3v) is 2.02. The van der Waals surface area contributed by atoms with Gasteiger partial charge in [-0.15, -0.1) is 0 Å². The van der Waals surface area contributed by atoms with E-state index in [1.165, 1.54) is 0 Å². The first-order valence-corrected chi connectivity index (χ1v) is 5.32. The summed E-state index contributed by atoms with van der Waals surface area (Å²) >= 11 is 0. The van der Waals surface area contributed by atoms with Gasteiger partial charge in [0.05, 0.1) is 5.54 Å². The molecule has 1 aromatic rings. The molecule has 17 heavy (non-hydrogen) atoms. The summed E-state index contributed by atoms with van der Waals surface area (Å²) in [4.78, 5) is 11.6. The van der Waals surface area contributed by atoms with E-state index >= 15 is 0 Å². The fourth-order valence-electron chi connectivity index (χ4n) is 1.11. The van der Waals surface area contributed by atoms with Crippen LogP contribution in [0, 0.1) is 0 Å². The second kappa shape index (κ2) is 5.63. The van der Waals surface area contributed by atoms with Crippen LogP contribution < -0.4 is 15.8 Å². The summed E-state index contributed by atoms with van der Waals surface area (Å²) in [5, 5.41) is 2.66. The number of benzene rings is 1. The Bertz CT molecular complexity index is 388. The van der Waals surface area contributed by atoms with Crippen molar-refractivity contribution < 1.29 is 13.9 Å². The van der Waals surface area contributed by atoms with Crippen molar-refractivity contribution in [2.45, 2.75) is 19.4 Å². The molecule has 3 N–H and O–H groups in total. The average molecular weight is 240 g/mol. The summed E-state index contributed by atoms with van der Waals surface area (Å²) in [7, 11) is 0. The average Bonchev–Trinajstić information content (AvgIpc) is 2.25. The van der Waals surface area contributed by atoms with Crippen LogP contribution in [0.1, 0.15) is 13.8 Å². The fourth-order valence-corrected chi connectivity index (χ4v) is 1.11. The molecule has 0 aliphatic rings. The van der Waals surface area contributed by atoms with E-state index in [0.717, 1.165) is 0 Å². The van der Waals surface area contributed by atoms with Gasteiger partial charge in [0.1, 0.15) is 19.0 Å². The van der Waals surface area contributed by atoms with Crippen molar-refractivity contribution in [3.63, 3.8) is 0 Å². The standard InChI is InChI=1S/C12H17FN2O2/c1-12(2,14)11(16)15-9-4-3-5-10(8-9)17-7-6-13/h3-5,8H,6-7,14H2,1-2H3,(H,15,16). The van der Waals surface area contributed by atoms with Gasteiger partial charge >= 0.3 is 0 Å². The minimum atomic E-state index is -0.949. The number of alkyl halides is 1. The van der Waals surface area contributed by atoms with Crippen LogP contribution in [-0.2, 0) is 4.79 Å². The molecule has 4 nitrogen and oxygen atoms in total. The maximum atomic E-state index is 11.9. The minimum absolute atomic E-state index is 0.000217. The van der Waals surface area contributed by atoms with Crippen molar-refractivity contribution in [2.75, 3.05) is 18.6 Å². The van der Waals surface area contributed by atoms with Gasteiger partial charge in [-0.25, -0.2) is 4.39 Å². The molecule has 0 aromatic heterocycles. The van der Waals surface area contributed by atoms with Crippen LogP contribution in [0.4, 0.5) is 10.1 Å². The molecule has 0 saturated heterocycles. The molecule has 0 aliphatic heterocycles. The van der Waals surface area contributed by atoms with Gasteiger partial charge in [0, 0.05) is 11.8 Å². The summed E-state index contributed by atoms with van der Waals surface area (Å²) in [6.07, 6.45) is 0. The summed E-state index contributed by atoms with van der Waals surface area (Å²) < 4.78 is 17.0. The number of hydrogen-bond donors (Lipinski definition) is 2. The van der Waals surface area contributed by atoms with Gasteiger partial charge in [0.15, 0.2) is 0 Å². The Morgan fingerprint density at radius 3 is 2.82 bits per heavy atom. The summed E-state index contributed by atoms with van der Waals surface area (Å²) in [5.74, 6) is 0.218. The molecule has 0 heterocycles. The molecular formula is C12H17FN2O2. The number of rotatable bonds is 5. The maximum absolute atomic E-state index is 11.9. The Morgan fingerprint density at radius 2 is 2.24 bits per heavy atom. The van der Waals surface area contributed by atoms with Gasteiger partial charge in [-0.3, -0.25) is 4.79 Å². The zero-order valence-electron chi connectivity index (χ0n) is 10.00. The van der Waals surface area contributed by atoms with E-state index in [1.807, 2.05) is 0 Å². The monoisotopic (exact) mass is 240 g/mol. The van der Waals surface area contributed by atoms with Crippen LogP contribution in [-0.4, -0.2) is 24.7 Å². The van der Waals surface area contributed by atoms with Crippen molar-refractivity contribution in [1.29, 1.82) is 0 Å². The van der Waals surface area contributed by atoms with Crippen LogP contribution in [0.2, 0.25) is 0 Å². The highest BCUT2D eigenvalue weighted by Crippen LogP contribution is 2.18. The molecule has 1 aromatic carbocycles. The number of nitrogens with two attached hydrogens (primary N) is 1. The normalized spacial score (nSPS) is 11.1. The molecule has 0 radical (unpaired) electrons. The number of hydrogen-bond acceptors (Lipinski definition) is 3. The van der Waals surface area contributed by atoms with Crippen molar-refractivity contribution in [2.24, 2.45) is 5.73 Å². The van der Waals surface area contributed by atoms with Gasteiger partial charge in [0.2, 0.25) is 5.91 Å². The zero-order chi connectivity index (χ0) is 12.9. The predicted molar refractivity (Wildman–Crippen MR) is 64.8 cm³/mol. The van der Waals surface area contributed by atoms with Crippen LogP contribution in [0.25, 0.3) is 0 Å². The number of ether oxygens (including phenoxy) is 1. The highest BCUT2D eigenvalue weighted by Gasteiger charge is 2.21. The second-order valence-electron chi connectivity index (χ2n) is 4.24. The Kier molecular flexibility index (Phi) is 4.45. The highest BCUT2D eigenvalue weighted by molar-refractivity contribution is 5.97. The highest BCUT2D eigenvalue weighted by atomic mass is 19.1. The van der Waals surface area contributed by atoms with Crippen LogP contribution in [0.3, 0.4) is 0 Å². The third kappa shape index (κ3) is 4.40. The number of carbonyl (C=O) groups excluding carboxylic acids is 1. The lowest BCUT2D eigenvalue weighted by atomic mass is 10.1. The summed E-state index contributed by atoms with van der Waals surface area (Å²) in [6.45, 7) is 2.68. The van der Waals surface area contributed by atoms with E-state index in [4.69, 9.17) is 10.5 Å². The van der Waals surface area contributed by atoms with Crippen molar-refractivity contribution >= 4 is 11.6 Å². The van der Waals surface area contributed by atoms with Crippen molar-refractivity contribution in [1.82, 2.24) is 0 Å². The number of anilines is 1. The molecule has 0 atom stereocenters. The van der Waals surface area contributed by atoms with E-state index in [9.17, 15) is 9.18 Å². The lowest BCUT2D eigenvalue weighted by molar-refractivity contribution is -0.120. The first kappa shape index (κ1) is 13.4. The maximum Gasteiger partial charge on any atom is 0.243 e. The van der Waals surface area contributed by atoms with Gasteiger partial charge < -0.3 is 15.8 Å². The summed E-state index contributed by atoms with van der Waals surface area (Å²) in [5.41, 5.74) is 5.28. The lowest BCUT2D eigenvalue weighted by Gasteiger charge is -2.18.